The van der Waals surface area contributed by atoms with Crippen LogP contribution in [0.25, 0.3) is 0 Å². The second-order valence-electron chi connectivity index (χ2n) is 5.97. The summed E-state index contributed by atoms with van der Waals surface area (Å²) in [5.74, 6) is 0.331. The van der Waals surface area contributed by atoms with Gasteiger partial charge in [0.15, 0.2) is 18.1 Å². The van der Waals surface area contributed by atoms with Crippen molar-refractivity contribution in [1.29, 1.82) is 0 Å². The van der Waals surface area contributed by atoms with Gasteiger partial charge in [-0.3, -0.25) is 4.79 Å². The van der Waals surface area contributed by atoms with Crippen molar-refractivity contribution in [1.82, 2.24) is 0 Å². The van der Waals surface area contributed by atoms with E-state index < -0.39 is 5.97 Å². The largest absolute Gasteiger partial charge is 0.493 e. The highest BCUT2D eigenvalue weighted by Gasteiger charge is 2.13. The van der Waals surface area contributed by atoms with Gasteiger partial charge in [-0.25, -0.2) is 4.79 Å². The van der Waals surface area contributed by atoms with E-state index in [4.69, 9.17) is 9.47 Å². The molecule has 2 aromatic rings. The summed E-state index contributed by atoms with van der Waals surface area (Å²) in [7, 11) is 2.76. The Labute approximate surface area is 153 Å². The summed E-state index contributed by atoms with van der Waals surface area (Å²) in [6.07, 6.45) is 0. The van der Waals surface area contributed by atoms with Crippen molar-refractivity contribution in [2.75, 3.05) is 26.1 Å². The first-order valence-electron chi connectivity index (χ1n) is 8.23. The van der Waals surface area contributed by atoms with Crippen LogP contribution in [0.1, 0.15) is 35.7 Å². The van der Waals surface area contributed by atoms with Crippen molar-refractivity contribution in [3.8, 4) is 11.5 Å². The predicted octanol–water partition coefficient (Wildman–Crippen LogP) is 3.62. The van der Waals surface area contributed by atoms with Crippen LogP contribution in [0.15, 0.2) is 42.5 Å². The van der Waals surface area contributed by atoms with Gasteiger partial charge in [-0.2, -0.15) is 0 Å². The van der Waals surface area contributed by atoms with E-state index in [0.29, 0.717) is 23.0 Å². The molecule has 2 aromatic carbocycles. The normalized spacial score (nSPS) is 10.3. The summed E-state index contributed by atoms with van der Waals surface area (Å²) in [5.41, 5.74) is 2.20. The molecule has 0 fully saturated rings. The number of carbonyl (C=O) groups is 2. The molecule has 26 heavy (non-hydrogen) atoms. The molecule has 0 spiro atoms. The molecule has 138 valence electrons. The number of benzene rings is 2. The Hall–Kier alpha value is -3.02. The molecule has 2 rings (SSSR count). The lowest BCUT2D eigenvalue weighted by atomic mass is 10.0. The van der Waals surface area contributed by atoms with Gasteiger partial charge >= 0.3 is 5.97 Å². The van der Waals surface area contributed by atoms with E-state index in [1.165, 1.54) is 20.3 Å². The maximum Gasteiger partial charge on any atom is 0.337 e. The van der Waals surface area contributed by atoms with Crippen molar-refractivity contribution < 1.29 is 23.8 Å². The van der Waals surface area contributed by atoms with Crippen molar-refractivity contribution in [3.63, 3.8) is 0 Å². The molecular formula is C20H23NO5. The molecule has 0 aliphatic carbocycles. The Kier molecular flexibility index (Phi) is 6.60. The summed E-state index contributed by atoms with van der Waals surface area (Å²) in [5, 5.41) is 2.80. The van der Waals surface area contributed by atoms with Crippen LogP contribution in [0.4, 0.5) is 5.69 Å². The van der Waals surface area contributed by atoms with Gasteiger partial charge in [0, 0.05) is 5.69 Å². The summed E-state index contributed by atoms with van der Waals surface area (Å²) >= 11 is 0. The average molecular weight is 357 g/mol. The second kappa shape index (κ2) is 8.89. The molecule has 0 unspecified atom stereocenters. The smallest absolute Gasteiger partial charge is 0.337 e. The number of carbonyl (C=O) groups excluding carboxylic acids is 2. The summed E-state index contributed by atoms with van der Waals surface area (Å²) < 4.78 is 15.4. The molecule has 0 saturated carbocycles. The van der Waals surface area contributed by atoms with Crippen LogP contribution in [0, 0.1) is 0 Å². The van der Waals surface area contributed by atoms with Crippen molar-refractivity contribution in [2.24, 2.45) is 0 Å². The maximum absolute atomic E-state index is 12.1. The molecule has 0 aromatic heterocycles. The Balaban J connectivity index is 2.01. The summed E-state index contributed by atoms with van der Waals surface area (Å²) in [4.78, 5) is 23.7. The molecule has 6 nitrogen and oxygen atoms in total. The number of methoxy groups -OCH3 is 2. The van der Waals surface area contributed by atoms with Gasteiger partial charge in [0.05, 0.1) is 19.8 Å². The third kappa shape index (κ3) is 4.99. The number of rotatable bonds is 7. The number of esters is 1. The van der Waals surface area contributed by atoms with Gasteiger partial charge in [-0.1, -0.05) is 26.0 Å². The Morgan fingerprint density at radius 3 is 2.46 bits per heavy atom. The molecule has 0 aliphatic heterocycles. The Morgan fingerprint density at radius 2 is 1.81 bits per heavy atom. The van der Waals surface area contributed by atoms with Crippen LogP contribution in [-0.4, -0.2) is 32.7 Å². The van der Waals surface area contributed by atoms with Crippen LogP contribution >= 0.6 is 0 Å². The van der Waals surface area contributed by atoms with Gasteiger partial charge in [0.2, 0.25) is 0 Å². The van der Waals surface area contributed by atoms with Gasteiger partial charge in [0.25, 0.3) is 5.91 Å². The zero-order chi connectivity index (χ0) is 19.1. The van der Waals surface area contributed by atoms with E-state index in [9.17, 15) is 9.59 Å². The van der Waals surface area contributed by atoms with Crippen molar-refractivity contribution in [3.05, 3.63) is 53.6 Å². The first-order valence-corrected chi connectivity index (χ1v) is 8.23. The number of amides is 1. The molecule has 1 amide bonds. The van der Waals surface area contributed by atoms with E-state index >= 15 is 0 Å². The quantitative estimate of drug-likeness (QED) is 0.766. The topological polar surface area (TPSA) is 73.9 Å². The molecule has 0 bridgehead atoms. The monoisotopic (exact) mass is 357 g/mol. The minimum Gasteiger partial charge on any atom is -0.493 e. The highest BCUT2D eigenvalue weighted by molar-refractivity contribution is 5.92. The van der Waals surface area contributed by atoms with Gasteiger partial charge in [-0.05, 0) is 41.8 Å². The van der Waals surface area contributed by atoms with Gasteiger partial charge < -0.3 is 19.5 Å². The van der Waals surface area contributed by atoms with E-state index in [2.05, 4.69) is 23.9 Å². The molecule has 0 aliphatic rings. The average Bonchev–Trinajstić information content (AvgIpc) is 2.65. The van der Waals surface area contributed by atoms with Gasteiger partial charge in [-0.15, -0.1) is 0 Å². The van der Waals surface area contributed by atoms with Crippen molar-refractivity contribution in [2.45, 2.75) is 19.8 Å². The lowest BCUT2D eigenvalue weighted by Gasteiger charge is -2.12. The zero-order valence-electron chi connectivity index (χ0n) is 15.4. The zero-order valence-corrected chi connectivity index (χ0v) is 15.4. The molecular weight excluding hydrogens is 334 g/mol. The molecule has 1 N–H and O–H groups in total. The Morgan fingerprint density at radius 1 is 1.04 bits per heavy atom. The van der Waals surface area contributed by atoms with Crippen LogP contribution in [0.2, 0.25) is 0 Å². The number of hydrogen-bond acceptors (Lipinski definition) is 5. The fourth-order valence-corrected chi connectivity index (χ4v) is 2.35. The number of nitrogens with one attached hydrogen (secondary N) is 1. The predicted molar refractivity (Wildman–Crippen MR) is 99.0 cm³/mol. The van der Waals surface area contributed by atoms with Crippen LogP contribution in [0.3, 0.4) is 0 Å². The highest BCUT2D eigenvalue weighted by Crippen LogP contribution is 2.28. The lowest BCUT2D eigenvalue weighted by molar-refractivity contribution is -0.118. The number of anilines is 1. The Bertz CT molecular complexity index is 786. The van der Waals surface area contributed by atoms with E-state index in [1.54, 1.807) is 12.1 Å². The molecule has 0 atom stereocenters. The first-order chi connectivity index (χ1) is 12.4. The number of hydrogen-bond donors (Lipinski definition) is 1. The fourth-order valence-electron chi connectivity index (χ4n) is 2.35. The molecule has 0 heterocycles. The van der Waals surface area contributed by atoms with Gasteiger partial charge in [0.1, 0.15) is 0 Å². The van der Waals surface area contributed by atoms with Crippen LogP contribution < -0.4 is 14.8 Å². The molecule has 0 radical (unpaired) electrons. The number of ether oxygens (including phenoxy) is 3. The lowest BCUT2D eigenvalue weighted by Crippen LogP contribution is -2.20. The van der Waals surface area contributed by atoms with E-state index in [-0.39, 0.29) is 12.5 Å². The van der Waals surface area contributed by atoms with E-state index in [1.807, 2.05) is 24.3 Å². The second-order valence-corrected chi connectivity index (χ2v) is 5.97. The van der Waals surface area contributed by atoms with Crippen molar-refractivity contribution >= 4 is 17.6 Å². The summed E-state index contributed by atoms with van der Waals surface area (Å²) in [6, 6.07) is 12.3. The minimum atomic E-state index is -0.474. The minimum absolute atomic E-state index is 0.181. The third-order valence-corrected chi connectivity index (χ3v) is 3.78. The standard InChI is InChI=1S/C20H23NO5/c1-13(2)14-6-5-7-16(10-14)21-19(22)12-26-17-9-8-15(20(23)25-4)11-18(17)24-3/h5-11,13H,12H2,1-4H3,(H,21,22). The maximum atomic E-state index is 12.1. The first kappa shape index (κ1) is 19.3. The molecule has 6 heteroatoms. The van der Waals surface area contributed by atoms with Crippen LogP contribution in [-0.2, 0) is 9.53 Å². The van der Waals surface area contributed by atoms with Crippen LogP contribution in [0.5, 0.6) is 11.5 Å². The SMILES string of the molecule is COC(=O)c1ccc(OCC(=O)Nc2cccc(C(C)C)c2)c(OC)c1. The highest BCUT2D eigenvalue weighted by atomic mass is 16.5. The summed E-state index contributed by atoms with van der Waals surface area (Å²) in [6.45, 7) is 4.00. The molecule has 0 saturated heterocycles. The van der Waals surface area contributed by atoms with E-state index in [0.717, 1.165) is 11.3 Å². The fraction of sp³-hybridized carbons (Fsp3) is 0.300. The third-order valence-electron chi connectivity index (χ3n) is 3.78.